The predicted octanol–water partition coefficient (Wildman–Crippen LogP) is 4.00. The van der Waals surface area contributed by atoms with Gasteiger partial charge in [0.05, 0.1) is 10.8 Å². The number of amides is 1. The lowest BCUT2D eigenvalue weighted by Gasteiger charge is -2.14. The number of aromatic nitrogens is 3. The van der Waals surface area contributed by atoms with Gasteiger partial charge < -0.3 is 9.88 Å². The zero-order valence-corrected chi connectivity index (χ0v) is 14.1. The minimum absolute atomic E-state index is 0.160. The highest BCUT2D eigenvalue weighted by Crippen LogP contribution is 2.30. The molecule has 1 atom stereocenters. The van der Waals surface area contributed by atoms with Crippen LogP contribution in [0, 0.1) is 0 Å². The number of alkyl halides is 3. The monoisotopic (exact) mass is 358 g/mol. The number of nitrogens with one attached hydrogen (secondary N) is 1. The molecule has 1 N–H and O–H groups in total. The number of carbonyl (C=O) groups excluding carboxylic acids is 1. The number of rotatable bonds is 5. The van der Waals surface area contributed by atoms with Crippen molar-refractivity contribution in [2.45, 2.75) is 43.4 Å². The van der Waals surface area contributed by atoms with Crippen LogP contribution in [-0.4, -0.2) is 25.9 Å². The maximum absolute atomic E-state index is 12.5. The number of thioether (sulfide) groups is 1. The van der Waals surface area contributed by atoms with Crippen molar-refractivity contribution in [3.8, 4) is 0 Å². The van der Waals surface area contributed by atoms with Crippen LogP contribution < -0.4 is 5.32 Å². The van der Waals surface area contributed by atoms with E-state index in [0.29, 0.717) is 10.8 Å². The number of hydrogen-bond donors (Lipinski definition) is 1. The van der Waals surface area contributed by atoms with Crippen LogP contribution in [0.4, 0.5) is 18.9 Å². The van der Waals surface area contributed by atoms with Gasteiger partial charge in [-0.1, -0.05) is 11.8 Å². The van der Waals surface area contributed by atoms with Crippen molar-refractivity contribution in [1.82, 2.24) is 14.8 Å². The molecule has 0 aliphatic heterocycles. The van der Waals surface area contributed by atoms with Crippen LogP contribution in [0.5, 0.6) is 0 Å². The molecule has 0 aliphatic carbocycles. The molecule has 0 radical (unpaired) electrons. The molecular weight excluding hydrogens is 341 g/mol. The van der Waals surface area contributed by atoms with Gasteiger partial charge in [-0.15, -0.1) is 10.2 Å². The van der Waals surface area contributed by atoms with Crippen molar-refractivity contribution >= 4 is 23.4 Å². The number of carbonyl (C=O) groups is 1. The minimum Gasteiger partial charge on any atom is -0.325 e. The maximum atomic E-state index is 12.5. The topological polar surface area (TPSA) is 59.8 Å². The number of hydrogen-bond acceptors (Lipinski definition) is 4. The van der Waals surface area contributed by atoms with E-state index in [1.165, 1.54) is 23.9 Å². The molecule has 2 aromatic rings. The lowest BCUT2D eigenvalue weighted by atomic mass is 10.2. The molecule has 2 rings (SSSR count). The molecule has 0 fully saturated rings. The molecule has 1 heterocycles. The summed E-state index contributed by atoms with van der Waals surface area (Å²) < 4.78 is 39.4. The molecule has 5 nitrogen and oxygen atoms in total. The fraction of sp³-hybridized carbons (Fsp3) is 0.400. The highest BCUT2D eigenvalue weighted by molar-refractivity contribution is 8.00. The first-order chi connectivity index (χ1) is 11.2. The Bertz CT molecular complexity index is 697. The van der Waals surface area contributed by atoms with E-state index >= 15 is 0 Å². The van der Waals surface area contributed by atoms with Gasteiger partial charge in [-0.25, -0.2) is 0 Å². The van der Waals surface area contributed by atoms with Crippen molar-refractivity contribution in [1.29, 1.82) is 0 Å². The van der Waals surface area contributed by atoms with Crippen molar-refractivity contribution in [2.75, 3.05) is 5.32 Å². The normalized spacial score (nSPS) is 13.1. The average Bonchev–Trinajstić information content (AvgIpc) is 2.95. The Morgan fingerprint density at radius 2 is 1.83 bits per heavy atom. The SMILES string of the molecule is CC(C)n1cnnc1S[C@@H](C)C(=O)Nc1ccc(C(F)(F)F)cc1. The van der Waals surface area contributed by atoms with Gasteiger partial charge in [-0.05, 0) is 45.0 Å². The first-order valence-corrected chi connectivity index (χ1v) is 8.10. The fourth-order valence-electron chi connectivity index (χ4n) is 1.87. The van der Waals surface area contributed by atoms with Crippen molar-refractivity contribution < 1.29 is 18.0 Å². The highest BCUT2D eigenvalue weighted by atomic mass is 32.2. The Kier molecular flexibility index (Phi) is 5.53. The van der Waals surface area contributed by atoms with Crippen LogP contribution >= 0.6 is 11.8 Å². The van der Waals surface area contributed by atoms with Crippen LogP contribution in [-0.2, 0) is 11.0 Å². The fourth-order valence-corrected chi connectivity index (χ4v) is 2.82. The Balaban J connectivity index is 2.00. The molecule has 24 heavy (non-hydrogen) atoms. The van der Waals surface area contributed by atoms with Gasteiger partial charge in [0.2, 0.25) is 5.91 Å². The number of halogens is 3. The number of nitrogens with zero attached hydrogens (tertiary/aromatic N) is 3. The summed E-state index contributed by atoms with van der Waals surface area (Å²) in [7, 11) is 0. The van der Waals surface area contributed by atoms with Crippen LogP contribution in [0.3, 0.4) is 0 Å². The summed E-state index contributed by atoms with van der Waals surface area (Å²) in [5, 5.41) is 10.5. The second kappa shape index (κ2) is 7.25. The molecule has 9 heteroatoms. The highest BCUT2D eigenvalue weighted by Gasteiger charge is 2.30. The molecule has 1 aromatic heterocycles. The minimum atomic E-state index is -4.40. The largest absolute Gasteiger partial charge is 0.416 e. The van der Waals surface area contributed by atoms with Crippen molar-refractivity contribution in [3.05, 3.63) is 36.2 Å². The summed E-state index contributed by atoms with van der Waals surface area (Å²) in [6.45, 7) is 5.64. The molecular formula is C15H17F3N4OS. The standard InChI is InChI=1S/C15H17F3N4OS/c1-9(2)22-8-19-21-14(22)24-10(3)13(23)20-12-6-4-11(5-7-12)15(16,17)18/h4-10H,1-3H3,(H,20,23)/t10-/m0/s1. The van der Waals surface area contributed by atoms with Crippen LogP contribution in [0.25, 0.3) is 0 Å². The van der Waals surface area contributed by atoms with Gasteiger partial charge in [-0.2, -0.15) is 13.2 Å². The lowest BCUT2D eigenvalue weighted by molar-refractivity contribution is -0.137. The van der Waals surface area contributed by atoms with Crippen LogP contribution in [0.15, 0.2) is 35.7 Å². The van der Waals surface area contributed by atoms with E-state index in [2.05, 4.69) is 15.5 Å². The van der Waals surface area contributed by atoms with E-state index in [4.69, 9.17) is 0 Å². The first kappa shape index (κ1) is 18.3. The predicted molar refractivity (Wildman–Crippen MR) is 85.8 cm³/mol. The quantitative estimate of drug-likeness (QED) is 0.821. The third-order valence-corrected chi connectivity index (χ3v) is 4.30. The molecule has 0 saturated carbocycles. The van der Waals surface area contributed by atoms with Gasteiger partial charge in [0.25, 0.3) is 0 Å². The molecule has 1 aromatic carbocycles. The Hall–Kier alpha value is -2.03. The summed E-state index contributed by atoms with van der Waals surface area (Å²) in [5.74, 6) is -0.321. The summed E-state index contributed by atoms with van der Waals surface area (Å²) in [6, 6.07) is 4.49. The third kappa shape index (κ3) is 4.50. The van der Waals surface area contributed by atoms with Crippen LogP contribution in [0.1, 0.15) is 32.4 Å². The molecule has 130 valence electrons. The zero-order valence-electron chi connectivity index (χ0n) is 13.3. The molecule has 0 saturated heterocycles. The van der Waals surface area contributed by atoms with E-state index in [1.54, 1.807) is 13.3 Å². The number of benzene rings is 1. The van der Waals surface area contributed by atoms with Crippen LogP contribution in [0.2, 0.25) is 0 Å². The second-order valence-corrected chi connectivity index (χ2v) is 6.75. The van der Waals surface area contributed by atoms with E-state index in [9.17, 15) is 18.0 Å². The Morgan fingerprint density at radius 1 is 1.21 bits per heavy atom. The average molecular weight is 358 g/mol. The summed E-state index contributed by atoms with van der Waals surface area (Å²) in [6.07, 6.45) is -2.81. The van der Waals surface area contributed by atoms with E-state index in [1.807, 2.05) is 18.4 Å². The van der Waals surface area contributed by atoms with Gasteiger partial charge in [0.1, 0.15) is 6.33 Å². The second-order valence-electron chi connectivity index (χ2n) is 5.44. The Morgan fingerprint density at radius 3 is 2.38 bits per heavy atom. The summed E-state index contributed by atoms with van der Waals surface area (Å²) >= 11 is 1.24. The zero-order chi connectivity index (χ0) is 17.9. The summed E-state index contributed by atoms with van der Waals surface area (Å²) in [5.41, 5.74) is -0.446. The molecule has 1 amide bonds. The summed E-state index contributed by atoms with van der Waals surface area (Å²) in [4.78, 5) is 12.2. The molecule has 0 aliphatic rings. The molecule has 0 spiro atoms. The van der Waals surface area contributed by atoms with Crippen molar-refractivity contribution in [3.63, 3.8) is 0 Å². The third-order valence-electron chi connectivity index (χ3n) is 3.23. The van der Waals surface area contributed by atoms with E-state index < -0.39 is 17.0 Å². The van der Waals surface area contributed by atoms with Gasteiger partial charge in [-0.3, -0.25) is 4.79 Å². The van der Waals surface area contributed by atoms with Gasteiger partial charge in [0, 0.05) is 11.7 Å². The van der Waals surface area contributed by atoms with E-state index in [0.717, 1.165) is 12.1 Å². The molecule has 0 unspecified atom stereocenters. The van der Waals surface area contributed by atoms with Gasteiger partial charge in [0.15, 0.2) is 5.16 Å². The Labute approximate surface area is 141 Å². The lowest BCUT2D eigenvalue weighted by Crippen LogP contribution is -2.23. The van der Waals surface area contributed by atoms with E-state index in [-0.39, 0.29) is 11.9 Å². The number of anilines is 1. The molecule has 0 bridgehead atoms. The smallest absolute Gasteiger partial charge is 0.325 e. The van der Waals surface area contributed by atoms with Crippen molar-refractivity contribution in [2.24, 2.45) is 0 Å². The van der Waals surface area contributed by atoms with Gasteiger partial charge >= 0.3 is 6.18 Å². The maximum Gasteiger partial charge on any atom is 0.416 e. The first-order valence-electron chi connectivity index (χ1n) is 7.22.